The van der Waals surface area contributed by atoms with E-state index in [2.05, 4.69) is 0 Å². The molecule has 0 amide bonds. The molecule has 21 heavy (non-hydrogen) atoms. The molecule has 0 aliphatic rings. The lowest BCUT2D eigenvalue weighted by Crippen LogP contribution is -2.26. The predicted octanol–water partition coefficient (Wildman–Crippen LogP) is 1.85. The van der Waals surface area contributed by atoms with Gasteiger partial charge in [-0.25, -0.2) is 8.42 Å². The van der Waals surface area contributed by atoms with Crippen LogP contribution in [0, 0.1) is 0 Å². The first-order valence-electron chi connectivity index (χ1n) is 6.00. The number of rotatable bonds is 4. The largest absolute Gasteiger partial charge is 0.508 e. The van der Waals surface area contributed by atoms with Gasteiger partial charge in [0, 0.05) is 12.6 Å². The molecule has 0 unspecified atom stereocenters. The van der Waals surface area contributed by atoms with E-state index in [0.29, 0.717) is 11.3 Å². The second kappa shape index (κ2) is 5.71. The molecular weight excluding hydrogens is 308 g/mol. The molecule has 2 rings (SSSR count). The quantitative estimate of drug-likeness (QED) is 0.839. The van der Waals surface area contributed by atoms with Crippen molar-refractivity contribution in [3.05, 3.63) is 54.1 Å². The van der Waals surface area contributed by atoms with E-state index in [1.807, 2.05) is 0 Å². The first-order valence-corrected chi connectivity index (χ1v) is 7.85. The minimum Gasteiger partial charge on any atom is -0.508 e. The number of anilines is 1. The van der Waals surface area contributed by atoms with E-state index in [0.717, 1.165) is 4.31 Å². The molecule has 0 aliphatic carbocycles. The molecule has 0 fully saturated rings. The van der Waals surface area contributed by atoms with Crippen LogP contribution in [0.4, 0.5) is 5.69 Å². The first kappa shape index (κ1) is 15.3. The van der Waals surface area contributed by atoms with Gasteiger partial charge in [-0.2, -0.15) is 0 Å². The molecule has 2 aromatic rings. The number of sulfonamides is 1. The summed E-state index contributed by atoms with van der Waals surface area (Å²) in [6.45, 7) is 0. The zero-order valence-corrected chi connectivity index (χ0v) is 12.9. The summed E-state index contributed by atoms with van der Waals surface area (Å²) in [5.74, 6) is 0.0744. The smallest absolute Gasteiger partial charge is 0.264 e. The Labute approximate surface area is 128 Å². The SMILES string of the molecule is CN(c1ccc(O)cc1)S(=O)(=O)c1ccc(C(N)=S)cc1. The van der Waals surface area contributed by atoms with Crippen molar-refractivity contribution in [3.8, 4) is 5.75 Å². The topological polar surface area (TPSA) is 83.6 Å². The van der Waals surface area contributed by atoms with Crippen LogP contribution in [-0.4, -0.2) is 25.6 Å². The van der Waals surface area contributed by atoms with Crippen LogP contribution in [0.15, 0.2) is 53.4 Å². The van der Waals surface area contributed by atoms with Gasteiger partial charge in [-0.15, -0.1) is 0 Å². The summed E-state index contributed by atoms with van der Waals surface area (Å²) in [4.78, 5) is 0.351. The third-order valence-corrected chi connectivity index (χ3v) is 5.05. The van der Waals surface area contributed by atoms with Crippen LogP contribution < -0.4 is 10.0 Å². The lowest BCUT2D eigenvalue weighted by molar-refractivity contribution is 0.475. The maximum atomic E-state index is 12.5. The van der Waals surface area contributed by atoms with E-state index in [-0.39, 0.29) is 15.6 Å². The van der Waals surface area contributed by atoms with E-state index in [1.165, 1.54) is 43.4 Å². The normalized spacial score (nSPS) is 11.1. The van der Waals surface area contributed by atoms with Gasteiger partial charge in [0.15, 0.2) is 0 Å². The van der Waals surface area contributed by atoms with E-state index < -0.39 is 10.0 Å². The van der Waals surface area contributed by atoms with Crippen molar-refractivity contribution in [3.63, 3.8) is 0 Å². The zero-order chi connectivity index (χ0) is 15.6. The second-order valence-electron chi connectivity index (χ2n) is 4.38. The predicted molar refractivity (Wildman–Crippen MR) is 86.0 cm³/mol. The van der Waals surface area contributed by atoms with Gasteiger partial charge in [-0.3, -0.25) is 4.31 Å². The fourth-order valence-electron chi connectivity index (χ4n) is 1.75. The lowest BCUT2D eigenvalue weighted by Gasteiger charge is -2.19. The van der Waals surface area contributed by atoms with E-state index in [9.17, 15) is 13.5 Å². The molecule has 0 aliphatic heterocycles. The Morgan fingerprint density at radius 2 is 1.62 bits per heavy atom. The molecule has 0 atom stereocenters. The Kier molecular flexibility index (Phi) is 4.15. The van der Waals surface area contributed by atoms with Crippen LogP contribution in [0.1, 0.15) is 5.56 Å². The lowest BCUT2D eigenvalue weighted by atomic mass is 10.2. The minimum absolute atomic E-state index is 0.0744. The monoisotopic (exact) mass is 322 g/mol. The molecule has 0 bridgehead atoms. The molecule has 2 aromatic carbocycles. The molecule has 3 N–H and O–H groups in total. The van der Waals surface area contributed by atoms with Crippen molar-refractivity contribution in [1.29, 1.82) is 0 Å². The maximum Gasteiger partial charge on any atom is 0.264 e. The van der Waals surface area contributed by atoms with Gasteiger partial charge in [0.05, 0.1) is 10.6 Å². The summed E-state index contributed by atoms with van der Waals surface area (Å²) < 4.78 is 26.1. The fraction of sp³-hybridized carbons (Fsp3) is 0.0714. The minimum atomic E-state index is -3.68. The Morgan fingerprint density at radius 3 is 2.10 bits per heavy atom. The number of hydrogen-bond acceptors (Lipinski definition) is 4. The molecule has 0 spiro atoms. The highest BCUT2D eigenvalue weighted by Crippen LogP contribution is 2.24. The fourth-order valence-corrected chi connectivity index (χ4v) is 3.08. The van der Waals surface area contributed by atoms with E-state index in [4.69, 9.17) is 18.0 Å². The van der Waals surface area contributed by atoms with Crippen LogP contribution in [0.3, 0.4) is 0 Å². The molecule has 110 valence electrons. The van der Waals surface area contributed by atoms with Crippen LogP contribution in [-0.2, 0) is 10.0 Å². The number of phenolic OH excluding ortho intramolecular Hbond substituents is 1. The molecule has 5 nitrogen and oxygen atoms in total. The van der Waals surface area contributed by atoms with Crippen molar-refractivity contribution in [2.24, 2.45) is 5.73 Å². The van der Waals surface area contributed by atoms with Crippen molar-refractivity contribution in [2.45, 2.75) is 4.90 Å². The van der Waals surface area contributed by atoms with Gasteiger partial charge in [-0.05, 0) is 36.4 Å². The number of phenols is 1. The van der Waals surface area contributed by atoms with Crippen molar-refractivity contribution < 1.29 is 13.5 Å². The molecule has 7 heteroatoms. The third-order valence-electron chi connectivity index (χ3n) is 3.01. The molecule has 0 aromatic heterocycles. The highest BCUT2D eigenvalue weighted by Gasteiger charge is 2.21. The van der Waals surface area contributed by atoms with Gasteiger partial charge < -0.3 is 10.8 Å². The van der Waals surface area contributed by atoms with Crippen LogP contribution in [0.25, 0.3) is 0 Å². The average molecular weight is 322 g/mol. The zero-order valence-electron chi connectivity index (χ0n) is 11.2. The summed E-state index contributed by atoms with van der Waals surface area (Å²) in [7, 11) is -2.23. The Balaban J connectivity index is 2.36. The molecule has 0 heterocycles. The van der Waals surface area contributed by atoms with Crippen molar-refractivity contribution in [1.82, 2.24) is 0 Å². The molecule has 0 radical (unpaired) electrons. The van der Waals surface area contributed by atoms with Crippen molar-refractivity contribution in [2.75, 3.05) is 11.4 Å². The molecule has 0 saturated heterocycles. The molecular formula is C14H14N2O3S2. The standard InChI is InChI=1S/C14H14N2O3S2/c1-16(11-4-6-12(17)7-5-11)21(18,19)13-8-2-10(3-9-13)14(15)20/h2-9,17H,1H3,(H2,15,20). The number of hydrogen-bond donors (Lipinski definition) is 2. The number of nitrogens with two attached hydrogens (primary N) is 1. The number of aromatic hydroxyl groups is 1. The first-order chi connectivity index (χ1) is 9.82. The maximum absolute atomic E-state index is 12.5. The average Bonchev–Trinajstić information content (AvgIpc) is 2.47. The van der Waals surface area contributed by atoms with E-state index in [1.54, 1.807) is 12.1 Å². The Bertz CT molecular complexity index is 754. The number of nitrogens with zero attached hydrogens (tertiary/aromatic N) is 1. The van der Waals surface area contributed by atoms with Gasteiger partial charge >= 0.3 is 0 Å². The third kappa shape index (κ3) is 3.14. The van der Waals surface area contributed by atoms with Crippen LogP contribution in [0.5, 0.6) is 5.75 Å². The summed E-state index contributed by atoms with van der Waals surface area (Å²) >= 11 is 4.83. The van der Waals surface area contributed by atoms with Gasteiger partial charge in [0.1, 0.15) is 10.7 Å². The Hall–Kier alpha value is -2.12. The molecule has 0 saturated carbocycles. The van der Waals surface area contributed by atoms with E-state index >= 15 is 0 Å². The highest BCUT2D eigenvalue weighted by molar-refractivity contribution is 7.92. The summed E-state index contributed by atoms with van der Waals surface area (Å²) in [6, 6.07) is 12.0. The van der Waals surface area contributed by atoms with Crippen LogP contribution in [0.2, 0.25) is 0 Å². The van der Waals surface area contributed by atoms with Gasteiger partial charge in [-0.1, -0.05) is 24.4 Å². The number of benzene rings is 2. The van der Waals surface area contributed by atoms with Crippen LogP contribution >= 0.6 is 12.2 Å². The highest BCUT2D eigenvalue weighted by atomic mass is 32.2. The summed E-state index contributed by atoms with van der Waals surface area (Å²) in [5.41, 5.74) is 6.54. The number of thiocarbonyl (C=S) groups is 1. The van der Waals surface area contributed by atoms with Gasteiger partial charge in [0.2, 0.25) is 0 Å². The Morgan fingerprint density at radius 1 is 1.10 bits per heavy atom. The van der Waals surface area contributed by atoms with Gasteiger partial charge in [0.25, 0.3) is 10.0 Å². The summed E-state index contributed by atoms with van der Waals surface area (Å²) in [5, 5.41) is 9.25. The van der Waals surface area contributed by atoms with Crippen molar-refractivity contribution >= 4 is 32.9 Å². The summed E-state index contributed by atoms with van der Waals surface area (Å²) in [6.07, 6.45) is 0. The second-order valence-corrected chi connectivity index (χ2v) is 6.79.